The number of rotatable bonds is 7. The summed E-state index contributed by atoms with van der Waals surface area (Å²) in [5.41, 5.74) is 1.12. The van der Waals surface area contributed by atoms with Crippen molar-refractivity contribution in [3.63, 3.8) is 0 Å². The van der Waals surface area contributed by atoms with Crippen LogP contribution in [0.1, 0.15) is 11.6 Å². The van der Waals surface area contributed by atoms with Gasteiger partial charge in [0.2, 0.25) is 0 Å². The Morgan fingerprint density at radius 3 is 2.71 bits per heavy atom. The first-order valence-corrected chi connectivity index (χ1v) is 7.67. The van der Waals surface area contributed by atoms with Crippen molar-refractivity contribution in [2.45, 2.75) is 10.9 Å². The average Bonchev–Trinajstić information content (AvgIpc) is 2.93. The van der Waals surface area contributed by atoms with Gasteiger partial charge in [0.25, 0.3) is 0 Å². The van der Waals surface area contributed by atoms with Crippen LogP contribution in [0.15, 0.2) is 35.5 Å². The van der Waals surface area contributed by atoms with Crippen LogP contribution < -0.4 is 14.8 Å². The van der Waals surface area contributed by atoms with Gasteiger partial charge in [-0.1, -0.05) is 6.07 Å². The van der Waals surface area contributed by atoms with E-state index in [-0.39, 0.29) is 6.04 Å². The maximum absolute atomic E-state index is 5.48. The molecule has 21 heavy (non-hydrogen) atoms. The number of benzene rings is 1. The standard InChI is InChI=1S/C15H21N3O2S/c1-16-14(10-21-12-8-17-18(2)9-12)13-6-5-11(19-3)7-15(13)20-4/h5-9,14,16H,10H2,1-4H3. The molecule has 0 spiro atoms. The van der Waals surface area contributed by atoms with E-state index in [1.807, 2.05) is 49.4 Å². The lowest BCUT2D eigenvalue weighted by Gasteiger charge is -2.19. The zero-order chi connectivity index (χ0) is 15.2. The summed E-state index contributed by atoms with van der Waals surface area (Å²) in [6.07, 6.45) is 3.89. The highest BCUT2D eigenvalue weighted by Crippen LogP contribution is 2.32. The Balaban J connectivity index is 2.12. The first-order chi connectivity index (χ1) is 10.2. The van der Waals surface area contributed by atoms with Crippen molar-refractivity contribution < 1.29 is 9.47 Å². The molecule has 0 fully saturated rings. The van der Waals surface area contributed by atoms with E-state index in [0.717, 1.165) is 27.7 Å². The van der Waals surface area contributed by atoms with Crippen molar-refractivity contribution in [1.82, 2.24) is 15.1 Å². The molecule has 0 aliphatic carbocycles. The molecule has 0 radical (unpaired) electrons. The maximum atomic E-state index is 5.48. The smallest absolute Gasteiger partial charge is 0.127 e. The minimum Gasteiger partial charge on any atom is -0.497 e. The third-order valence-corrected chi connectivity index (χ3v) is 4.31. The Kier molecular flexibility index (Phi) is 5.52. The normalized spacial score (nSPS) is 12.2. The van der Waals surface area contributed by atoms with Crippen molar-refractivity contribution >= 4 is 11.8 Å². The highest BCUT2D eigenvalue weighted by atomic mass is 32.2. The summed E-state index contributed by atoms with van der Waals surface area (Å²) in [6, 6.07) is 6.10. The number of methoxy groups -OCH3 is 2. The minimum absolute atomic E-state index is 0.191. The largest absolute Gasteiger partial charge is 0.497 e. The van der Waals surface area contributed by atoms with Crippen LogP contribution in [0.5, 0.6) is 11.5 Å². The average molecular weight is 307 g/mol. The Bertz CT molecular complexity index is 586. The van der Waals surface area contributed by atoms with Crippen molar-refractivity contribution in [2.75, 3.05) is 27.0 Å². The van der Waals surface area contributed by atoms with Gasteiger partial charge in [0.15, 0.2) is 0 Å². The lowest BCUT2D eigenvalue weighted by molar-refractivity contribution is 0.387. The Hall–Kier alpha value is -1.66. The van der Waals surface area contributed by atoms with Gasteiger partial charge >= 0.3 is 0 Å². The van der Waals surface area contributed by atoms with Crippen molar-refractivity contribution in [3.8, 4) is 11.5 Å². The van der Waals surface area contributed by atoms with Crippen LogP contribution in [-0.4, -0.2) is 36.8 Å². The molecule has 1 atom stereocenters. The summed E-state index contributed by atoms with van der Waals surface area (Å²) in [5, 5.41) is 7.52. The first-order valence-electron chi connectivity index (χ1n) is 6.68. The van der Waals surface area contributed by atoms with Gasteiger partial charge in [-0.2, -0.15) is 5.10 Å². The molecule has 114 valence electrons. The van der Waals surface area contributed by atoms with E-state index in [1.54, 1.807) is 26.0 Å². The van der Waals surface area contributed by atoms with Crippen LogP contribution in [0.2, 0.25) is 0 Å². The number of hydrogen-bond acceptors (Lipinski definition) is 5. The molecule has 0 amide bonds. The minimum atomic E-state index is 0.191. The summed E-state index contributed by atoms with van der Waals surface area (Å²) in [4.78, 5) is 1.16. The maximum Gasteiger partial charge on any atom is 0.127 e. The van der Waals surface area contributed by atoms with Crippen LogP contribution >= 0.6 is 11.8 Å². The molecule has 2 rings (SSSR count). The fourth-order valence-electron chi connectivity index (χ4n) is 2.09. The van der Waals surface area contributed by atoms with E-state index >= 15 is 0 Å². The molecule has 1 N–H and O–H groups in total. The molecule has 1 heterocycles. The molecular formula is C15H21N3O2S. The molecule has 6 heteroatoms. The van der Waals surface area contributed by atoms with E-state index in [2.05, 4.69) is 10.4 Å². The summed E-state index contributed by atoms with van der Waals surface area (Å²) < 4.78 is 12.5. The van der Waals surface area contributed by atoms with E-state index in [9.17, 15) is 0 Å². The zero-order valence-corrected chi connectivity index (χ0v) is 13.6. The molecule has 0 saturated heterocycles. The van der Waals surface area contributed by atoms with E-state index < -0.39 is 0 Å². The molecule has 0 aliphatic rings. The van der Waals surface area contributed by atoms with Gasteiger partial charge in [-0.3, -0.25) is 4.68 Å². The molecule has 1 aromatic heterocycles. The van der Waals surface area contributed by atoms with Crippen LogP contribution in [0.25, 0.3) is 0 Å². The number of nitrogens with zero attached hydrogens (tertiary/aromatic N) is 2. The molecule has 2 aromatic rings. The highest BCUT2D eigenvalue weighted by molar-refractivity contribution is 7.99. The summed E-state index contributed by atoms with van der Waals surface area (Å²) in [6.45, 7) is 0. The zero-order valence-electron chi connectivity index (χ0n) is 12.8. The van der Waals surface area contributed by atoms with Gasteiger partial charge in [0.05, 0.1) is 20.4 Å². The van der Waals surface area contributed by atoms with E-state index in [4.69, 9.17) is 9.47 Å². The van der Waals surface area contributed by atoms with Crippen LogP contribution in [-0.2, 0) is 7.05 Å². The van der Waals surface area contributed by atoms with Crippen LogP contribution in [0.4, 0.5) is 0 Å². The Morgan fingerprint density at radius 1 is 1.33 bits per heavy atom. The van der Waals surface area contributed by atoms with E-state index in [0.29, 0.717) is 0 Å². The van der Waals surface area contributed by atoms with Gasteiger partial charge in [0.1, 0.15) is 11.5 Å². The summed E-state index contributed by atoms with van der Waals surface area (Å²) in [7, 11) is 7.21. The SMILES string of the molecule is CNC(CSc1cnn(C)c1)c1ccc(OC)cc1OC. The molecular weight excluding hydrogens is 286 g/mol. The predicted octanol–water partition coefficient (Wildman–Crippen LogP) is 2.49. The summed E-state index contributed by atoms with van der Waals surface area (Å²) in [5.74, 6) is 2.52. The molecule has 1 unspecified atom stereocenters. The number of nitrogens with one attached hydrogen (secondary N) is 1. The Morgan fingerprint density at radius 2 is 2.14 bits per heavy atom. The van der Waals surface area contributed by atoms with Crippen LogP contribution in [0.3, 0.4) is 0 Å². The second-order valence-corrected chi connectivity index (χ2v) is 5.70. The third kappa shape index (κ3) is 3.92. The number of hydrogen-bond donors (Lipinski definition) is 1. The quantitative estimate of drug-likeness (QED) is 0.796. The van der Waals surface area contributed by atoms with Gasteiger partial charge in [-0.15, -0.1) is 11.8 Å². The number of aromatic nitrogens is 2. The topological polar surface area (TPSA) is 48.3 Å². The molecule has 0 bridgehead atoms. The molecule has 0 aliphatic heterocycles. The monoisotopic (exact) mass is 307 g/mol. The van der Waals surface area contributed by atoms with Crippen molar-refractivity contribution in [1.29, 1.82) is 0 Å². The molecule has 5 nitrogen and oxygen atoms in total. The number of thioether (sulfide) groups is 1. The molecule has 0 saturated carbocycles. The van der Waals surface area contributed by atoms with Gasteiger partial charge in [0, 0.05) is 41.6 Å². The van der Waals surface area contributed by atoms with Gasteiger partial charge in [-0.05, 0) is 13.1 Å². The van der Waals surface area contributed by atoms with E-state index in [1.165, 1.54) is 0 Å². The first kappa shape index (κ1) is 15.7. The lowest BCUT2D eigenvalue weighted by atomic mass is 10.1. The lowest BCUT2D eigenvalue weighted by Crippen LogP contribution is -2.19. The fraction of sp³-hybridized carbons (Fsp3) is 0.400. The third-order valence-electron chi connectivity index (χ3n) is 3.26. The number of ether oxygens (including phenoxy) is 2. The molecule has 1 aromatic carbocycles. The van der Waals surface area contributed by atoms with Crippen molar-refractivity contribution in [3.05, 3.63) is 36.2 Å². The fourth-order valence-corrected chi connectivity index (χ4v) is 3.14. The van der Waals surface area contributed by atoms with Gasteiger partial charge in [-0.25, -0.2) is 0 Å². The number of aryl methyl sites for hydroxylation is 1. The second kappa shape index (κ2) is 7.38. The van der Waals surface area contributed by atoms with Crippen LogP contribution in [0, 0.1) is 0 Å². The summed E-state index contributed by atoms with van der Waals surface area (Å²) >= 11 is 1.77. The second-order valence-electron chi connectivity index (χ2n) is 4.61. The highest BCUT2D eigenvalue weighted by Gasteiger charge is 2.16. The van der Waals surface area contributed by atoms with Crippen molar-refractivity contribution in [2.24, 2.45) is 7.05 Å². The van der Waals surface area contributed by atoms with Gasteiger partial charge < -0.3 is 14.8 Å². The predicted molar refractivity (Wildman–Crippen MR) is 85.3 cm³/mol. The Labute approximate surface area is 129 Å².